The molecule has 0 spiro atoms. The van der Waals surface area contributed by atoms with Gasteiger partial charge in [0.15, 0.2) is 0 Å². The molecule has 1 aliphatic rings. The van der Waals surface area contributed by atoms with E-state index in [2.05, 4.69) is 29.2 Å². The van der Waals surface area contributed by atoms with Crippen LogP contribution in [0.2, 0.25) is 0 Å². The number of nitrogens with two attached hydrogens (primary N) is 1. The summed E-state index contributed by atoms with van der Waals surface area (Å²) < 4.78 is 5.32. The molecule has 1 unspecified atom stereocenters. The molecule has 2 N–H and O–H groups in total. The maximum absolute atomic E-state index is 11.1. The molecule has 4 nitrogen and oxygen atoms in total. The summed E-state index contributed by atoms with van der Waals surface area (Å²) in [6, 6.07) is 10.4. The number of nitrogens with zero attached hydrogens (tertiary/aromatic N) is 1. The molecular weight excluding hydrogens is 228 g/mol. The molecule has 1 aromatic rings. The Morgan fingerprint density at radius 2 is 2.17 bits per heavy atom. The maximum atomic E-state index is 11.1. The molecule has 1 aromatic carbocycles. The highest BCUT2D eigenvalue weighted by atomic mass is 16.5. The van der Waals surface area contributed by atoms with Crippen molar-refractivity contribution in [2.45, 2.75) is 18.9 Å². The van der Waals surface area contributed by atoms with Gasteiger partial charge in [-0.05, 0) is 24.9 Å². The van der Waals surface area contributed by atoms with Gasteiger partial charge in [-0.2, -0.15) is 0 Å². The van der Waals surface area contributed by atoms with Crippen molar-refractivity contribution in [2.24, 2.45) is 5.73 Å². The second kappa shape index (κ2) is 6.52. The lowest BCUT2D eigenvalue weighted by molar-refractivity contribution is -0.135. The summed E-state index contributed by atoms with van der Waals surface area (Å²) in [7, 11) is 0. The zero-order chi connectivity index (χ0) is 12.8. The first kappa shape index (κ1) is 13.1. The number of carbonyl (C=O) groups excluding carboxylic acids is 1. The number of amides is 1. The number of aryl methyl sites for hydroxylation is 1. The molecule has 1 fully saturated rings. The molecule has 1 heterocycles. The van der Waals surface area contributed by atoms with E-state index in [0.717, 1.165) is 25.9 Å². The monoisotopic (exact) mass is 248 g/mol. The smallest absolute Gasteiger partial charge is 0.247 e. The average Bonchev–Trinajstić information content (AvgIpc) is 2.40. The maximum Gasteiger partial charge on any atom is 0.247 e. The van der Waals surface area contributed by atoms with E-state index >= 15 is 0 Å². The first-order chi connectivity index (χ1) is 8.75. The fourth-order valence-corrected chi connectivity index (χ4v) is 2.23. The summed E-state index contributed by atoms with van der Waals surface area (Å²) in [5, 5.41) is 0. The molecule has 1 aliphatic heterocycles. The summed E-state index contributed by atoms with van der Waals surface area (Å²) in [4.78, 5) is 13.3. The van der Waals surface area contributed by atoms with Gasteiger partial charge in [0, 0.05) is 13.1 Å². The lowest BCUT2D eigenvalue weighted by Gasteiger charge is -2.31. The molecule has 0 aliphatic carbocycles. The van der Waals surface area contributed by atoms with Crippen LogP contribution >= 0.6 is 0 Å². The Morgan fingerprint density at radius 1 is 1.39 bits per heavy atom. The third-order valence-electron chi connectivity index (χ3n) is 3.25. The fourth-order valence-electron chi connectivity index (χ4n) is 2.23. The number of rotatable bonds is 5. The molecule has 98 valence electrons. The molecule has 1 amide bonds. The Bertz CT molecular complexity index is 381. The minimum atomic E-state index is -0.435. The van der Waals surface area contributed by atoms with Gasteiger partial charge in [0.05, 0.1) is 6.61 Å². The highest BCUT2D eigenvalue weighted by Gasteiger charge is 2.23. The highest BCUT2D eigenvalue weighted by Crippen LogP contribution is 2.08. The first-order valence-electron chi connectivity index (χ1n) is 6.43. The third-order valence-corrected chi connectivity index (χ3v) is 3.25. The van der Waals surface area contributed by atoms with E-state index in [4.69, 9.17) is 10.5 Å². The van der Waals surface area contributed by atoms with Gasteiger partial charge >= 0.3 is 0 Å². The van der Waals surface area contributed by atoms with Crippen molar-refractivity contribution in [3.8, 4) is 0 Å². The van der Waals surface area contributed by atoms with Crippen LogP contribution in [0.3, 0.4) is 0 Å². The van der Waals surface area contributed by atoms with Crippen LogP contribution in [0.1, 0.15) is 12.0 Å². The Labute approximate surface area is 108 Å². The van der Waals surface area contributed by atoms with Crippen LogP contribution in [0.25, 0.3) is 0 Å². The largest absolute Gasteiger partial charge is 0.367 e. The Hall–Kier alpha value is -1.39. The van der Waals surface area contributed by atoms with Gasteiger partial charge < -0.3 is 10.5 Å². The summed E-state index contributed by atoms with van der Waals surface area (Å²) in [5.41, 5.74) is 6.62. The van der Waals surface area contributed by atoms with Crippen LogP contribution in [0, 0.1) is 0 Å². The zero-order valence-corrected chi connectivity index (χ0v) is 10.5. The molecule has 1 atom stereocenters. The molecule has 1 saturated heterocycles. The SMILES string of the molecule is NC(=O)C1CN(CCCc2ccccc2)CCO1. The standard InChI is InChI=1S/C14H20N2O2/c15-14(17)13-11-16(9-10-18-13)8-4-7-12-5-2-1-3-6-12/h1-3,5-6,13H,4,7-11H2,(H2,15,17). The third kappa shape index (κ3) is 3.82. The molecule has 2 rings (SSSR count). The van der Waals surface area contributed by atoms with Gasteiger partial charge in [0.2, 0.25) is 5.91 Å². The molecule has 0 aromatic heterocycles. The minimum Gasteiger partial charge on any atom is -0.367 e. The number of hydrogen-bond donors (Lipinski definition) is 1. The van der Waals surface area contributed by atoms with Crippen LogP contribution in [0.4, 0.5) is 0 Å². The molecule has 0 radical (unpaired) electrons. The van der Waals surface area contributed by atoms with Crippen LogP contribution in [-0.2, 0) is 16.0 Å². The van der Waals surface area contributed by atoms with Gasteiger partial charge in [0.25, 0.3) is 0 Å². The van der Waals surface area contributed by atoms with Crippen molar-refractivity contribution in [3.05, 3.63) is 35.9 Å². The van der Waals surface area contributed by atoms with Crippen LogP contribution in [0.5, 0.6) is 0 Å². The molecule has 4 heteroatoms. The van der Waals surface area contributed by atoms with E-state index in [1.54, 1.807) is 0 Å². The number of ether oxygens (including phenoxy) is 1. The summed E-state index contributed by atoms with van der Waals surface area (Å²) >= 11 is 0. The lowest BCUT2D eigenvalue weighted by Crippen LogP contribution is -2.48. The molecule has 18 heavy (non-hydrogen) atoms. The zero-order valence-electron chi connectivity index (χ0n) is 10.5. The van der Waals surface area contributed by atoms with Crippen molar-refractivity contribution >= 4 is 5.91 Å². The normalized spacial score (nSPS) is 20.8. The predicted molar refractivity (Wildman–Crippen MR) is 70.1 cm³/mol. The van der Waals surface area contributed by atoms with Crippen molar-refractivity contribution in [2.75, 3.05) is 26.2 Å². The van der Waals surface area contributed by atoms with Crippen molar-refractivity contribution in [1.29, 1.82) is 0 Å². The van der Waals surface area contributed by atoms with E-state index < -0.39 is 6.10 Å². The van der Waals surface area contributed by atoms with Crippen molar-refractivity contribution in [1.82, 2.24) is 4.90 Å². The van der Waals surface area contributed by atoms with Crippen LogP contribution in [0.15, 0.2) is 30.3 Å². The summed E-state index contributed by atoms with van der Waals surface area (Å²) in [5.74, 6) is -0.359. The second-order valence-electron chi connectivity index (χ2n) is 4.65. The van der Waals surface area contributed by atoms with E-state index in [0.29, 0.717) is 13.2 Å². The predicted octanol–water partition coefficient (Wildman–Crippen LogP) is 0.805. The summed E-state index contributed by atoms with van der Waals surface area (Å²) in [6.07, 6.45) is 1.73. The van der Waals surface area contributed by atoms with E-state index in [9.17, 15) is 4.79 Å². The number of benzene rings is 1. The number of morpholine rings is 1. The van der Waals surface area contributed by atoms with Gasteiger partial charge in [-0.3, -0.25) is 9.69 Å². The van der Waals surface area contributed by atoms with Gasteiger partial charge in [-0.25, -0.2) is 0 Å². The second-order valence-corrected chi connectivity index (χ2v) is 4.65. The Kier molecular flexibility index (Phi) is 4.73. The van der Waals surface area contributed by atoms with Crippen LogP contribution < -0.4 is 5.73 Å². The van der Waals surface area contributed by atoms with Gasteiger partial charge in [-0.15, -0.1) is 0 Å². The first-order valence-corrected chi connectivity index (χ1v) is 6.43. The van der Waals surface area contributed by atoms with Gasteiger partial charge in [0.1, 0.15) is 6.10 Å². The number of carbonyl (C=O) groups is 1. The minimum absolute atomic E-state index is 0.359. The molecular formula is C14H20N2O2. The van der Waals surface area contributed by atoms with Crippen molar-refractivity contribution < 1.29 is 9.53 Å². The van der Waals surface area contributed by atoms with Crippen molar-refractivity contribution in [3.63, 3.8) is 0 Å². The molecule has 0 bridgehead atoms. The number of hydrogen-bond acceptors (Lipinski definition) is 3. The summed E-state index contributed by atoms with van der Waals surface area (Å²) in [6.45, 7) is 3.10. The Balaban J connectivity index is 1.72. The van der Waals surface area contributed by atoms with Gasteiger partial charge in [-0.1, -0.05) is 30.3 Å². The quantitative estimate of drug-likeness (QED) is 0.838. The molecule has 0 saturated carbocycles. The number of primary amides is 1. The lowest BCUT2D eigenvalue weighted by atomic mass is 10.1. The van der Waals surface area contributed by atoms with E-state index in [1.165, 1.54) is 5.56 Å². The van der Waals surface area contributed by atoms with Crippen LogP contribution in [-0.4, -0.2) is 43.2 Å². The van der Waals surface area contributed by atoms with E-state index in [1.807, 2.05) is 6.07 Å². The van der Waals surface area contributed by atoms with E-state index in [-0.39, 0.29) is 5.91 Å². The topological polar surface area (TPSA) is 55.6 Å². The average molecular weight is 248 g/mol. The highest BCUT2D eigenvalue weighted by molar-refractivity contribution is 5.79. The fraction of sp³-hybridized carbons (Fsp3) is 0.500. The Morgan fingerprint density at radius 3 is 2.89 bits per heavy atom.